The fourth-order valence-electron chi connectivity index (χ4n) is 0.462. The van der Waals surface area contributed by atoms with E-state index in [9.17, 15) is 9.18 Å². The van der Waals surface area contributed by atoms with Crippen molar-refractivity contribution >= 4 is 12.0 Å². The van der Waals surface area contributed by atoms with Crippen molar-refractivity contribution in [3.63, 3.8) is 0 Å². The SMILES string of the molecule is O=C1C(O)=CN=C[C@H]1F. The van der Waals surface area contributed by atoms with Crippen LogP contribution in [-0.4, -0.2) is 23.3 Å². The van der Waals surface area contributed by atoms with Crippen molar-refractivity contribution in [3.8, 4) is 0 Å². The molecule has 1 rings (SSSR count). The lowest BCUT2D eigenvalue weighted by Crippen LogP contribution is -2.21. The van der Waals surface area contributed by atoms with Crippen LogP contribution in [0.2, 0.25) is 0 Å². The first-order chi connectivity index (χ1) is 4.22. The third-order valence-corrected chi connectivity index (χ3v) is 0.917. The molecule has 1 N–H and O–H groups in total. The van der Waals surface area contributed by atoms with Gasteiger partial charge in [0.05, 0.1) is 6.20 Å². The number of halogens is 1. The van der Waals surface area contributed by atoms with Gasteiger partial charge in [-0.25, -0.2) is 4.39 Å². The smallest absolute Gasteiger partial charge is 0.238 e. The number of Topliss-reactive ketones (excluding diaryl/α,β-unsaturated/α-hetero) is 1. The summed E-state index contributed by atoms with van der Waals surface area (Å²) in [4.78, 5) is 13.6. The molecule has 1 aliphatic rings. The average molecular weight is 129 g/mol. The zero-order valence-corrected chi connectivity index (χ0v) is 4.41. The number of aliphatic hydroxyl groups excluding tert-OH is 1. The van der Waals surface area contributed by atoms with E-state index in [2.05, 4.69) is 4.99 Å². The number of rotatable bonds is 0. The zero-order chi connectivity index (χ0) is 6.85. The number of nitrogens with zero attached hydrogens (tertiary/aromatic N) is 1. The Morgan fingerprint density at radius 3 is 2.89 bits per heavy atom. The van der Waals surface area contributed by atoms with E-state index >= 15 is 0 Å². The molecule has 0 spiro atoms. The minimum absolute atomic E-state index is 0.620. The molecule has 48 valence electrons. The number of carbonyl (C=O) groups is 1. The first-order valence-corrected chi connectivity index (χ1v) is 2.32. The van der Waals surface area contributed by atoms with Crippen LogP contribution < -0.4 is 0 Å². The molecule has 0 amide bonds. The van der Waals surface area contributed by atoms with Gasteiger partial charge >= 0.3 is 0 Å². The van der Waals surface area contributed by atoms with E-state index in [1.807, 2.05) is 0 Å². The van der Waals surface area contributed by atoms with Gasteiger partial charge < -0.3 is 5.11 Å². The maximum absolute atomic E-state index is 12.1. The second-order valence-electron chi connectivity index (χ2n) is 1.58. The predicted octanol–water partition coefficient (Wildman–Crippen LogP) is 0.377. The van der Waals surface area contributed by atoms with Gasteiger partial charge in [0, 0.05) is 6.21 Å². The van der Waals surface area contributed by atoms with Crippen LogP contribution >= 0.6 is 0 Å². The number of aliphatic imine (C=N–C) groups is 1. The maximum atomic E-state index is 12.1. The lowest BCUT2D eigenvalue weighted by molar-refractivity contribution is -0.120. The summed E-state index contributed by atoms with van der Waals surface area (Å²) >= 11 is 0. The Balaban J connectivity index is 2.86. The Hall–Kier alpha value is -1.19. The summed E-state index contributed by atoms with van der Waals surface area (Å²) in [5.41, 5.74) is 0. The van der Waals surface area contributed by atoms with Crippen LogP contribution in [0.25, 0.3) is 0 Å². The van der Waals surface area contributed by atoms with Crippen LogP contribution in [0.15, 0.2) is 17.0 Å². The summed E-state index contributed by atoms with van der Waals surface area (Å²) in [6.07, 6.45) is -0.0181. The quantitative estimate of drug-likeness (QED) is 0.514. The Kier molecular flexibility index (Phi) is 1.30. The molecule has 0 radical (unpaired) electrons. The van der Waals surface area contributed by atoms with Crippen molar-refractivity contribution in [2.75, 3.05) is 0 Å². The molecule has 0 bridgehead atoms. The van der Waals surface area contributed by atoms with E-state index in [-0.39, 0.29) is 0 Å². The highest BCUT2D eigenvalue weighted by molar-refractivity contribution is 6.08. The van der Waals surface area contributed by atoms with Crippen molar-refractivity contribution in [1.82, 2.24) is 0 Å². The van der Waals surface area contributed by atoms with Gasteiger partial charge in [-0.3, -0.25) is 9.79 Å². The summed E-state index contributed by atoms with van der Waals surface area (Å²) < 4.78 is 12.1. The number of hydrogen-bond acceptors (Lipinski definition) is 3. The van der Waals surface area contributed by atoms with Gasteiger partial charge in [-0.2, -0.15) is 0 Å². The average Bonchev–Trinajstić information content (AvgIpc) is 1.83. The number of carbonyl (C=O) groups excluding carboxylic acids is 1. The van der Waals surface area contributed by atoms with Crippen molar-refractivity contribution in [2.24, 2.45) is 4.99 Å². The molecule has 4 heteroatoms. The number of alkyl halides is 1. The molecule has 1 atom stereocenters. The molecule has 0 unspecified atom stereocenters. The third-order valence-electron chi connectivity index (χ3n) is 0.917. The van der Waals surface area contributed by atoms with E-state index in [0.29, 0.717) is 0 Å². The molecule has 3 nitrogen and oxygen atoms in total. The van der Waals surface area contributed by atoms with Crippen LogP contribution in [0.5, 0.6) is 0 Å². The van der Waals surface area contributed by atoms with Gasteiger partial charge in [-0.15, -0.1) is 0 Å². The Morgan fingerprint density at radius 2 is 2.44 bits per heavy atom. The Labute approximate surface area is 50.5 Å². The standard InChI is InChI=1S/C5H4FNO2/c6-3-1-7-2-4(8)5(3)9/h1-3,8H/t3-/m1/s1. The molecule has 1 aliphatic heterocycles. The van der Waals surface area contributed by atoms with Crippen molar-refractivity contribution in [3.05, 3.63) is 12.0 Å². The molecular weight excluding hydrogens is 125 g/mol. The first-order valence-electron chi connectivity index (χ1n) is 2.32. The molecule has 9 heavy (non-hydrogen) atoms. The van der Waals surface area contributed by atoms with Crippen LogP contribution in [0.4, 0.5) is 4.39 Å². The van der Waals surface area contributed by atoms with Crippen molar-refractivity contribution in [2.45, 2.75) is 6.17 Å². The molecular formula is C5H4FNO2. The van der Waals surface area contributed by atoms with Gasteiger partial charge in [0.1, 0.15) is 0 Å². The predicted molar refractivity (Wildman–Crippen MR) is 29.1 cm³/mol. The van der Waals surface area contributed by atoms with Gasteiger partial charge in [-0.05, 0) is 0 Å². The molecule has 0 aromatic rings. The topological polar surface area (TPSA) is 49.7 Å². The zero-order valence-electron chi connectivity index (χ0n) is 4.41. The largest absolute Gasteiger partial charge is 0.503 e. The highest BCUT2D eigenvalue weighted by Gasteiger charge is 2.21. The second kappa shape index (κ2) is 1.97. The molecule has 0 aromatic carbocycles. The van der Waals surface area contributed by atoms with Gasteiger partial charge in [-0.1, -0.05) is 0 Å². The highest BCUT2D eigenvalue weighted by atomic mass is 19.1. The summed E-state index contributed by atoms with van der Waals surface area (Å²) in [6.45, 7) is 0. The van der Waals surface area contributed by atoms with Crippen LogP contribution in [0.3, 0.4) is 0 Å². The lowest BCUT2D eigenvalue weighted by atomic mass is 10.2. The lowest BCUT2D eigenvalue weighted by Gasteiger charge is -2.02. The van der Waals surface area contributed by atoms with E-state index in [1.54, 1.807) is 0 Å². The Morgan fingerprint density at radius 1 is 1.78 bits per heavy atom. The van der Waals surface area contributed by atoms with Crippen LogP contribution in [0, 0.1) is 0 Å². The van der Waals surface area contributed by atoms with Crippen LogP contribution in [-0.2, 0) is 4.79 Å². The molecule has 0 aromatic heterocycles. The van der Waals surface area contributed by atoms with Gasteiger partial charge in [0.15, 0.2) is 5.76 Å². The summed E-state index contributed by atoms with van der Waals surface area (Å²) in [7, 11) is 0. The number of aliphatic hydroxyl groups is 1. The number of ketones is 1. The second-order valence-corrected chi connectivity index (χ2v) is 1.58. The van der Waals surface area contributed by atoms with Crippen molar-refractivity contribution < 1.29 is 14.3 Å². The molecule has 0 saturated carbocycles. The van der Waals surface area contributed by atoms with Gasteiger partial charge in [0.25, 0.3) is 0 Å². The maximum Gasteiger partial charge on any atom is 0.238 e. The Bertz CT molecular complexity index is 197. The summed E-state index contributed by atoms with van der Waals surface area (Å²) in [6, 6.07) is 0. The molecule has 0 fully saturated rings. The van der Waals surface area contributed by atoms with Gasteiger partial charge in [0.2, 0.25) is 12.0 Å². The number of allylic oxidation sites excluding steroid dienone is 1. The van der Waals surface area contributed by atoms with Crippen molar-refractivity contribution in [1.29, 1.82) is 0 Å². The van der Waals surface area contributed by atoms with E-state index in [1.165, 1.54) is 0 Å². The van der Waals surface area contributed by atoms with Crippen LogP contribution in [0.1, 0.15) is 0 Å². The molecule has 0 saturated heterocycles. The minimum Gasteiger partial charge on any atom is -0.503 e. The first kappa shape index (κ1) is 5.94. The monoisotopic (exact) mass is 129 g/mol. The van der Waals surface area contributed by atoms with E-state index in [0.717, 1.165) is 12.4 Å². The summed E-state index contributed by atoms with van der Waals surface area (Å²) in [5, 5.41) is 8.51. The van der Waals surface area contributed by atoms with E-state index in [4.69, 9.17) is 5.11 Å². The fourth-order valence-corrected chi connectivity index (χ4v) is 0.462. The summed E-state index contributed by atoms with van der Waals surface area (Å²) in [5.74, 6) is -1.55. The van der Waals surface area contributed by atoms with E-state index < -0.39 is 17.7 Å². The number of hydrogen-bond donors (Lipinski definition) is 1. The third kappa shape index (κ3) is 0.960. The fraction of sp³-hybridized carbons (Fsp3) is 0.200. The molecule has 0 aliphatic carbocycles. The molecule has 1 heterocycles. The highest BCUT2D eigenvalue weighted by Crippen LogP contribution is 2.03. The minimum atomic E-state index is -1.77. The normalized spacial score (nSPS) is 26.1.